The van der Waals surface area contributed by atoms with Gasteiger partial charge in [0, 0.05) is 12.4 Å². The molecule has 2 rings (SSSR count). The molecule has 0 unspecified atom stereocenters. The lowest BCUT2D eigenvalue weighted by Gasteiger charge is -2.25. The highest BCUT2D eigenvalue weighted by molar-refractivity contribution is 5.07. The van der Waals surface area contributed by atoms with E-state index in [-0.39, 0.29) is 6.10 Å². The number of hydrogen-bond acceptors (Lipinski definition) is 3. The molecule has 1 saturated carbocycles. The Morgan fingerprint density at radius 2 is 1.87 bits per heavy atom. The first-order valence-electron chi connectivity index (χ1n) is 5.53. The summed E-state index contributed by atoms with van der Waals surface area (Å²) in [4.78, 5) is 3.96. The van der Waals surface area contributed by atoms with Crippen molar-refractivity contribution in [2.45, 2.75) is 44.5 Å². The van der Waals surface area contributed by atoms with E-state index in [9.17, 15) is 5.11 Å². The second kappa shape index (κ2) is 5.24. The van der Waals surface area contributed by atoms with Crippen LogP contribution in [0, 0.1) is 0 Å². The van der Waals surface area contributed by atoms with Crippen LogP contribution in [0.1, 0.15) is 31.2 Å². The summed E-state index contributed by atoms with van der Waals surface area (Å²) in [6.45, 7) is 0.656. The molecule has 1 aliphatic rings. The van der Waals surface area contributed by atoms with E-state index in [4.69, 9.17) is 4.74 Å². The van der Waals surface area contributed by atoms with Crippen molar-refractivity contribution in [1.82, 2.24) is 4.98 Å². The lowest BCUT2D eigenvalue weighted by Crippen LogP contribution is -2.24. The maximum Gasteiger partial charge on any atom is 0.0721 e. The average molecular weight is 207 g/mol. The van der Waals surface area contributed by atoms with Gasteiger partial charge in [-0.25, -0.2) is 0 Å². The summed E-state index contributed by atoms with van der Waals surface area (Å²) >= 11 is 0. The number of hydrogen-bond donors (Lipinski definition) is 1. The maximum atomic E-state index is 9.35. The first-order chi connectivity index (χ1) is 7.34. The van der Waals surface area contributed by atoms with E-state index in [1.165, 1.54) is 0 Å². The predicted molar refractivity (Wildman–Crippen MR) is 57.3 cm³/mol. The van der Waals surface area contributed by atoms with Gasteiger partial charge in [-0.05, 0) is 43.4 Å². The number of nitrogens with zero attached hydrogens (tertiary/aromatic N) is 1. The molecule has 1 aromatic rings. The minimum Gasteiger partial charge on any atom is -0.393 e. The Morgan fingerprint density at radius 3 is 2.53 bits per heavy atom. The fraction of sp³-hybridized carbons (Fsp3) is 0.583. The minimum atomic E-state index is -0.106. The lowest BCUT2D eigenvalue weighted by atomic mass is 9.95. The van der Waals surface area contributed by atoms with Crippen LogP contribution in [0.4, 0.5) is 0 Å². The van der Waals surface area contributed by atoms with Crippen LogP contribution in [-0.4, -0.2) is 22.3 Å². The van der Waals surface area contributed by atoms with Gasteiger partial charge in [0.15, 0.2) is 0 Å². The summed E-state index contributed by atoms with van der Waals surface area (Å²) in [5.41, 5.74) is 1.16. The van der Waals surface area contributed by atoms with Gasteiger partial charge in [-0.3, -0.25) is 4.98 Å². The molecule has 82 valence electrons. The zero-order chi connectivity index (χ0) is 10.5. The van der Waals surface area contributed by atoms with Gasteiger partial charge in [-0.1, -0.05) is 0 Å². The van der Waals surface area contributed by atoms with E-state index in [2.05, 4.69) is 4.98 Å². The Kier molecular flexibility index (Phi) is 3.69. The van der Waals surface area contributed by atoms with Crippen LogP contribution >= 0.6 is 0 Å². The highest BCUT2D eigenvalue weighted by Crippen LogP contribution is 2.21. The molecule has 3 heteroatoms. The minimum absolute atomic E-state index is 0.106. The SMILES string of the molecule is OC1CCC(OCc2ccncc2)CC1. The van der Waals surface area contributed by atoms with Crippen molar-refractivity contribution in [2.24, 2.45) is 0 Å². The van der Waals surface area contributed by atoms with Crippen LogP contribution in [0.2, 0.25) is 0 Å². The maximum absolute atomic E-state index is 9.35. The third-order valence-corrected chi connectivity index (χ3v) is 2.88. The van der Waals surface area contributed by atoms with Crippen LogP contribution in [0.3, 0.4) is 0 Å². The number of aliphatic hydroxyl groups is 1. The van der Waals surface area contributed by atoms with Gasteiger partial charge >= 0.3 is 0 Å². The molecule has 1 fully saturated rings. The molecule has 1 N–H and O–H groups in total. The number of ether oxygens (including phenoxy) is 1. The van der Waals surface area contributed by atoms with Gasteiger partial charge in [0.1, 0.15) is 0 Å². The smallest absolute Gasteiger partial charge is 0.0721 e. The molecule has 1 heterocycles. The number of aliphatic hydroxyl groups excluding tert-OH is 1. The Labute approximate surface area is 90.1 Å². The van der Waals surface area contributed by atoms with E-state index < -0.39 is 0 Å². The predicted octanol–water partition coefficient (Wildman–Crippen LogP) is 1.90. The zero-order valence-corrected chi connectivity index (χ0v) is 8.80. The van der Waals surface area contributed by atoms with Crippen LogP contribution in [0.5, 0.6) is 0 Å². The van der Waals surface area contributed by atoms with Crippen molar-refractivity contribution in [3.8, 4) is 0 Å². The zero-order valence-electron chi connectivity index (χ0n) is 8.80. The van der Waals surface area contributed by atoms with Gasteiger partial charge < -0.3 is 9.84 Å². The molecule has 0 aliphatic heterocycles. The molecule has 0 atom stereocenters. The standard InChI is InChI=1S/C12H17NO2/c14-11-1-3-12(4-2-11)15-9-10-5-7-13-8-6-10/h5-8,11-12,14H,1-4,9H2. The summed E-state index contributed by atoms with van der Waals surface area (Å²) in [6.07, 6.45) is 7.49. The van der Waals surface area contributed by atoms with Crippen molar-refractivity contribution in [2.75, 3.05) is 0 Å². The average Bonchev–Trinajstić information content (AvgIpc) is 2.30. The fourth-order valence-corrected chi connectivity index (χ4v) is 1.90. The first-order valence-corrected chi connectivity index (χ1v) is 5.53. The molecule has 0 aromatic carbocycles. The Balaban J connectivity index is 1.74. The lowest BCUT2D eigenvalue weighted by molar-refractivity contribution is -0.0118. The topological polar surface area (TPSA) is 42.4 Å². The van der Waals surface area contributed by atoms with E-state index in [1.54, 1.807) is 12.4 Å². The quantitative estimate of drug-likeness (QED) is 0.823. The molecule has 0 saturated heterocycles. The van der Waals surface area contributed by atoms with Crippen LogP contribution in [-0.2, 0) is 11.3 Å². The van der Waals surface area contributed by atoms with E-state index in [1.807, 2.05) is 12.1 Å². The van der Waals surface area contributed by atoms with Crippen molar-refractivity contribution >= 4 is 0 Å². The summed E-state index contributed by atoms with van der Waals surface area (Å²) in [6, 6.07) is 3.94. The molecule has 1 aromatic heterocycles. The Morgan fingerprint density at radius 1 is 1.20 bits per heavy atom. The third kappa shape index (κ3) is 3.29. The Bertz CT molecular complexity index is 281. The molecular formula is C12H17NO2. The molecule has 3 nitrogen and oxygen atoms in total. The second-order valence-corrected chi connectivity index (χ2v) is 4.10. The normalized spacial score (nSPS) is 26.5. The third-order valence-electron chi connectivity index (χ3n) is 2.88. The van der Waals surface area contributed by atoms with E-state index in [0.29, 0.717) is 12.7 Å². The summed E-state index contributed by atoms with van der Waals surface area (Å²) in [7, 11) is 0. The van der Waals surface area contributed by atoms with Gasteiger partial charge in [0.05, 0.1) is 18.8 Å². The second-order valence-electron chi connectivity index (χ2n) is 4.10. The largest absolute Gasteiger partial charge is 0.393 e. The van der Waals surface area contributed by atoms with Crippen molar-refractivity contribution in [3.63, 3.8) is 0 Å². The van der Waals surface area contributed by atoms with Gasteiger partial charge in [-0.15, -0.1) is 0 Å². The summed E-state index contributed by atoms with van der Waals surface area (Å²) in [5.74, 6) is 0. The molecular weight excluding hydrogens is 190 g/mol. The van der Waals surface area contributed by atoms with Crippen LogP contribution < -0.4 is 0 Å². The molecule has 0 amide bonds. The van der Waals surface area contributed by atoms with Crippen LogP contribution in [0.15, 0.2) is 24.5 Å². The molecule has 15 heavy (non-hydrogen) atoms. The number of pyridine rings is 1. The highest BCUT2D eigenvalue weighted by Gasteiger charge is 2.19. The van der Waals surface area contributed by atoms with Gasteiger partial charge in [0.2, 0.25) is 0 Å². The van der Waals surface area contributed by atoms with Crippen molar-refractivity contribution in [1.29, 1.82) is 0 Å². The summed E-state index contributed by atoms with van der Waals surface area (Å²) in [5, 5.41) is 9.35. The molecule has 1 aliphatic carbocycles. The highest BCUT2D eigenvalue weighted by atomic mass is 16.5. The fourth-order valence-electron chi connectivity index (χ4n) is 1.90. The van der Waals surface area contributed by atoms with E-state index in [0.717, 1.165) is 31.2 Å². The number of aromatic nitrogens is 1. The van der Waals surface area contributed by atoms with E-state index >= 15 is 0 Å². The summed E-state index contributed by atoms with van der Waals surface area (Å²) < 4.78 is 5.78. The van der Waals surface area contributed by atoms with Crippen molar-refractivity contribution in [3.05, 3.63) is 30.1 Å². The monoisotopic (exact) mass is 207 g/mol. The van der Waals surface area contributed by atoms with Crippen molar-refractivity contribution < 1.29 is 9.84 Å². The Hall–Kier alpha value is -0.930. The first kappa shape index (κ1) is 10.6. The molecule has 0 bridgehead atoms. The van der Waals surface area contributed by atoms with Gasteiger partial charge in [-0.2, -0.15) is 0 Å². The molecule has 0 spiro atoms. The molecule has 0 radical (unpaired) electrons. The van der Waals surface area contributed by atoms with Gasteiger partial charge in [0.25, 0.3) is 0 Å². The number of rotatable bonds is 3. The van der Waals surface area contributed by atoms with Crippen LogP contribution in [0.25, 0.3) is 0 Å².